The van der Waals surface area contributed by atoms with Gasteiger partial charge in [-0.15, -0.1) is 34.0 Å². The van der Waals surface area contributed by atoms with Gasteiger partial charge in [0.2, 0.25) is 0 Å². The Morgan fingerprint density at radius 2 is 0.987 bits per heavy atom. The Morgan fingerprint density at radius 3 is 1.64 bits per heavy atom. The van der Waals surface area contributed by atoms with E-state index in [-0.39, 0.29) is 21.1 Å². The number of rotatable bonds is 8. The van der Waals surface area contributed by atoms with Gasteiger partial charge in [0.25, 0.3) is 0 Å². The first-order valence-corrected chi connectivity index (χ1v) is 29.6. The molecule has 0 radical (unpaired) electrons. The van der Waals surface area contributed by atoms with Gasteiger partial charge < -0.3 is 13.9 Å². The molecule has 5 nitrogen and oxygen atoms in total. The normalized spacial score (nSPS) is 13.0. The van der Waals surface area contributed by atoms with Crippen LogP contribution in [0.4, 0.5) is 17.2 Å². The van der Waals surface area contributed by atoms with Crippen molar-refractivity contribution < 1.29 is 21.1 Å². The van der Waals surface area contributed by atoms with E-state index in [1.54, 1.807) is 0 Å². The fourth-order valence-electron chi connectivity index (χ4n) is 12.8. The number of benzene rings is 10. The molecule has 4 aromatic heterocycles. The fraction of sp³-hybridized carbons (Fsp3) is 0. The van der Waals surface area contributed by atoms with Crippen molar-refractivity contribution in [2.75, 3.05) is 4.90 Å². The van der Waals surface area contributed by atoms with Gasteiger partial charge in [-0.2, -0.15) is 23.4 Å². The Balaban J connectivity index is 0.00000528. The van der Waals surface area contributed by atoms with Crippen molar-refractivity contribution in [1.29, 1.82) is 0 Å². The minimum atomic E-state index is -3.37. The van der Waals surface area contributed by atoms with Crippen LogP contribution in [0.3, 0.4) is 0 Å². The average Bonchev–Trinajstić information content (AvgIpc) is 4.20. The molecule has 360 valence electrons. The second kappa shape index (κ2) is 18.3. The maximum atomic E-state index is 5.26. The van der Waals surface area contributed by atoms with E-state index in [1.165, 1.54) is 58.3 Å². The van der Waals surface area contributed by atoms with E-state index in [9.17, 15) is 0 Å². The average molecular weight is 1180 g/mol. The van der Waals surface area contributed by atoms with Crippen LogP contribution in [-0.4, -0.2) is 35.1 Å². The van der Waals surface area contributed by atoms with E-state index >= 15 is 0 Å². The molecular weight excluding hydrogens is 1140 g/mol. The SMILES string of the molecule is [Pt+2].[c-]1c([Si](c2[c-]c3c(cc2)c2ccccc2n2ccnc32)(c2ccccc2)c2ccccc2)ccc2c1N(c1ccccn1)c1ccc3c4ccccc4n(-c4ccccc4)c3c1[Si]2(c1ccccc1)c1ccccc1. The van der Waals surface area contributed by atoms with Crippen LogP contribution in [0, 0.1) is 12.1 Å². The summed E-state index contributed by atoms with van der Waals surface area (Å²) in [6.07, 6.45) is 5.90. The van der Waals surface area contributed by atoms with Crippen molar-refractivity contribution in [3.05, 3.63) is 286 Å². The quantitative estimate of drug-likeness (QED) is 0.0659. The monoisotopic (exact) mass is 1180 g/mol. The first kappa shape index (κ1) is 45.9. The molecule has 10 aromatic carbocycles. The van der Waals surface area contributed by atoms with Crippen molar-refractivity contribution in [2.45, 2.75) is 0 Å². The predicted molar refractivity (Wildman–Crippen MR) is 315 cm³/mol. The van der Waals surface area contributed by atoms with Crippen LogP contribution >= 0.6 is 0 Å². The van der Waals surface area contributed by atoms with Gasteiger partial charge in [-0.3, -0.25) is 4.98 Å². The third-order valence-corrected chi connectivity index (χ3v) is 25.2. The van der Waals surface area contributed by atoms with Crippen LogP contribution in [0.25, 0.3) is 54.8 Å². The van der Waals surface area contributed by atoms with Crippen LogP contribution in [0.5, 0.6) is 0 Å². The Labute approximate surface area is 456 Å². The van der Waals surface area contributed by atoms with E-state index < -0.39 is 16.1 Å². The topological polar surface area (TPSA) is 38.4 Å². The third kappa shape index (κ3) is 6.59. The number of nitrogens with zero attached hydrogens (tertiary/aromatic N) is 5. The Bertz CT molecular complexity index is 4400. The molecule has 5 heterocycles. The molecule has 0 atom stereocenters. The molecule has 0 aliphatic carbocycles. The summed E-state index contributed by atoms with van der Waals surface area (Å²) in [6.45, 7) is 0. The summed E-state index contributed by atoms with van der Waals surface area (Å²) in [6, 6.07) is 103. The van der Waals surface area contributed by atoms with Gasteiger partial charge in [0.1, 0.15) is 22.0 Å². The van der Waals surface area contributed by atoms with Crippen LogP contribution in [-0.2, 0) is 21.1 Å². The molecule has 0 saturated heterocycles. The molecule has 0 saturated carbocycles. The van der Waals surface area contributed by atoms with Gasteiger partial charge in [0.05, 0.1) is 16.7 Å². The Morgan fingerprint density at radius 1 is 0.434 bits per heavy atom. The molecule has 0 spiro atoms. The molecule has 0 bridgehead atoms. The van der Waals surface area contributed by atoms with E-state index in [0.29, 0.717) is 0 Å². The molecule has 1 aliphatic rings. The van der Waals surface area contributed by atoms with E-state index in [2.05, 4.69) is 281 Å². The van der Waals surface area contributed by atoms with Gasteiger partial charge >= 0.3 is 21.1 Å². The molecule has 0 fully saturated rings. The maximum Gasteiger partial charge on any atom is 2.00 e. The van der Waals surface area contributed by atoms with Gasteiger partial charge in [-0.1, -0.05) is 210 Å². The number of hydrogen-bond donors (Lipinski definition) is 0. The zero-order chi connectivity index (χ0) is 49.5. The van der Waals surface area contributed by atoms with Crippen molar-refractivity contribution >= 4 is 124 Å². The van der Waals surface area contributed by atoms with E-state index in [4.69, 9.17) is 9.97 Å². The van der Waals surface area contributed by atoms with E-state index in [1.807, 2.05) is 18.5 Å². The number of anilines is 3. The zero-order valence-corrected chi connectivity index (χ0v) is 45.3. The Hall–Kier alpha value is -8.72. The number of pyridine rings is 2. The Kier molecular flexibility index (Phi) is 11.0. The molecule has 0 unspecified atom stereocenters. The minimum Gasteiger partial charge on any atom is -0.340 e. The van der Waals surface area contributed by atoms with Gasteiger partial charge in [0.15, 0.2) is 0 Å². The summed E-state index contributed by atoms with van der Waals surface area (Å²) in [5, 5.41) is 15.6. The van der Waals surface area contributed by atoms with Gasteiger partial charge in [0, 0.05) is 46.3 Å². The summed E-state index contributed by atoms with van der Waals surface area (Å²) in [7, 11) is -6.71. The molecule has 14 aromatic rings. The van der Waals surface area contributed by atoms with Crippen LogP contribution in [0.2, 0.25) is 0 Å². The minimum absolute atomic E-state index is 0. The summed E-state index contributed by atoms with van der Waals surface area (Å²) in [4.78, 5) is 12.7. The summed E-state index contributed by atoms with van der Waals surface area (Å²) < 4.78 is 4.74. The molecule has 8 heteroatoms. The number of para-hydroxylation sites is 3. The van der Waals surface area contributed by atoms with Crippen LogP contribution in [0.15, 0.2) is 273 Å². The first-order valence-electron chi connectivity index (χ1n) is 25.6. The molecular formula is C68H45N5PtSi2. The number of aromatic nitrogens is 4. The molecule has 0 amide bonds. The molecule has 15 rings (SSSR count). The zero-order valence-electron chi connectivity index (χ0n) is 41.0. The number of imidazole rings is 1. The second-order valence-corrected chi connectivity index (χ2v) is 26.9. The smallest absolute Gasteiger partial charge is 0.340 e. The molecule has 0 N–H and O–H groups in total. The largest absolute Gasteiger partial charge is 2.00 e. The maximum absolute atomic E-state index is 5.26. The van der Waals surface area contributed by atoms with E-state index in [0.717, 1.165) is 55.2 Å². The second-order valence-electron chi connectivity index (χ2n) is 19.5. The van der Waals surface area contributed by atoms with Crippen molar-refractivity contribution in [2.24, 2.45) is 0 Å². The molecule has 1 aliphatic heterocycles. The fourth-order valence-corrected chi connectivity index (χ4v) is 22.5. The standard InChI is InChI=1S/C68H45N5Si2.Pt/c1-6-22-48(23-7-1)72-61-35-19-17-33-57(61)58-40-41-62-67(66(58)72)75(51-28-12-4-13-29-51,52-30-14-5-15-31-52)64-42-38-54(47-63(64)73(62)65-36-20-21-43-69-65)74(49-24-8-2-9-25-49,50-26-10-3-11-27-50)53-37-39-55-56-32-16-18-34-60(56)71-45-44-70-68(71)59(55)46-53;/h1-45H;/q-2;+2. The van der Waals surface area contributed by atoms with Crippen molar-refractivity contribution in [3.8, 4) is 5.69 Å². The summed E-state index contributed by atoms with van der Waals surface area (Å²) in [5.74, 6) is 0.830. The van der Waals surface area contributed by atoms with Crippen molar-refractivity contribution in [1.82, 2.24) is 18.9 Å². The van der Waals surface area contributed by atoms with Crippen LogP contribution in [0.1, 0.15) is 0 Å². The first-order chi connectivity index (χ1) is 37.2. The summed E-state index contributed by atoms with van der Waals surface area (Å²) in [5.41, 5.74) is 7.61. The third-order valence-electron chi connectivity index (χ3n) is 15.8. The van der Waals surface area contributed by atoms with Crippen molar-refractivity contribution in [3.63, 3.8) is 0 Å². The molecule has 76 heavy (non-hydrogen) atoms. The number of hydrogen-bond acceptors (Lipinski definition) is 3. The van der Waals surface area contributed by atoms with Crippen LogP contribution < -0.4 is 46.4 Å². The summed E-state index contributed by atoms with van der Waals surface area (Å²) >= 11 is 0. The predicted octanol–water partition coefficient (Wildman–Crippen LogP) is 10.3. The van der Waals surface area contributed by atoms with Gasteiger partial charge in [-0.05, 0) is 63.4 Å². The number of fused-ring (bicyclic) bond motifs is 12. The van der Waals surface area contributed by atoms with Gasteiger partial charge in [-0.25, -0.2) is 4.98 Å².